The minimum atomic E-state index is 0.178. The zero-order chi connectivity index (χ0) is 19.9. The number of benzene rings is 2. The molecule has 3 nitrogen and oxygen atoms in total. The van der Waals surface area contributed by atoms with Gasteiger partial charge in [0.2, 0.25) is 0 Å². The van der Waals surface area contributed by atoms with Crippen molar-refractivity contribution < 1.29 is 9.53 Å². The quantitative estimate of drug-likeness (QED) is 0.444. The van der Waals surface area contributed by atoms with E-state index in [1.807, 2.05) is 6.07 Å². The normalized spacial score (nSPS) is 19.7. The first kappa shape index (κ1) is 21.3. The molecule has 28 heavy (non-hydrogen) atoms. The molecule has 5 heteroatoms. The Hall–Kier alpha value is -1.38. The van der Waals surface area contributed by atoms with Crippen LogP contribution in [-0.2, 0) is 11.3 Å². The Morgan fingerprint density at radius 1 is 1.11 bits per heavy atom. The molecule has 0 atom stereocenters. The number of ether oxygens (including phenoxy) is 1. The van der Waals surface area contributed by atoms with Crippen molar-refractivity contribution in [1.82, 2.24) is 5.32 Å². The van der Waals surface area contributed by atoms with E-state index in [1.165, 1.54) is 23.3 Å². The summed E-state index contributed by atoms with van der Waals surface area (Å²) in [6, 6.07) is 14.8. The van der Waals surface area contributed by atoms with Crippen molar-refractivity contribution in [1.29, 1.82) is 0 Å². The summed E-state index contributed by atoms with van der Waals surface area (Å²) in [6.45, 7) is 0.512. The summed E-state index contributed by atoms with van der Waals surface area (Å²) in [5.41, 5.74) is 5.68. The average Bonchev–Trinajstić information content (AvgIpc) is 2.77. The summed E-state index contributed by atoms with van der Waals surface area (Å²) in [7, 11) is 1.68. The monoisotopic (exact) mass is 458 g/mol. The predicted molar refractivity (Wildman–Crippen MR) is 119 cm³/mol. The maximum atomic E-state index is 12.6. The molecule has 1 saturated carbocycles. The van der Waals surface area contributed by atoms with Gasteiger partial charge in [0.05, 0.1) is 0 Å². The van der Waals surface area contributed by atoms with Gasteiger partial charge in [0, 0.05) is 4.90 Å². The van der Waals surface area contributed by atoms with E-state index in [9.17, 15) is 4.79 Å². The number of hydrogen-bond donors (Lipinski definition) is 1. The van der Waals surface area contributed by atoms with E-state index >= 15 is 0 Å². The molecule has 0 aliphatic heterocycles. The number of rotatable bonds is 7. The van der Waals surface area contributed by atoms with Crippen molar-refractivity contribution in [3.05, 3.63) is 48.0 Å². The second-order valence-corrected chi connectivity index (χ2v) is 10.7. The first-order valence-corrected chi connectivity index (χ1v) is 14.0. The average molecular weight is 458 g/mol. The van der Waals surface area contributed by atoms with E-state index in [-0.39, 0.29) is 11.8 Å². The van der Waals surface area contributed by atoms with E-state index in [4.69, 9.17) is 4.74 Å². The zero-order valence-corrected chi connectivity index (χ0v) is 19.6. The Balaban J connectivity index is 1.67. The molecule has 2 aromatic carbocycles. The van der Waals surface area contributed by atoms with Gasteiger partial charge in [-0.3, -0.25) is 0 Å². The third-order valence-corrected chi connectivity index (χ3v) is 8.95. The molecule has 1 amide bonds. The van der Waals surface area contributed by atoms with Crippen LogP contribution in [0.15, 0.2) is 47.4 Å². The number of hydrogen-bond acceptors (Lipinski definition) is 3. The first-order chi connectivity index (χ1) is 13.6. The van der Waals surface area contributed by atoms with Crippen LogP contribution in [0.25, 0.3) is 11.1 Å². The molecular weight excluding hydrogens is 429 g/mol. The van der Waals surface area contributed by atoms with Crippen molar-refractivity contribution in [3.8, 4) is 16.9 Å². The van der Waals surface area contributed by atoms with Crippen LogP contribution in [0.1, 0.15) is 31.2 Å². The fourth-order valence-electron chi connectivity index (χ4n) is 3.80. The minimum absolute atomic E-state index is 0.178. The summed E-state index contributed by atoms with van der Waals surface area (Å²) in [6.07, 6.45) is 6.61. The van der Waals surface area contributed by atoms with Crippen molar-refractivity contribution in [3.63, 3.8) is 0 Å². The number of amides is 1. The molecule has 0 saturated heterocycles. The van der Waals surface area contributed by atoms with Gasteiger partial charge in [0.25, 0.3) is 0 Å². The molecule has 1 aliphatic carbocycles. The van der Waals surface area contributed by atoms with Crippen molar-refractivity contribution in [2.75, 3.05) is 13.4 Å². The van der Waals surface area contributed by atoms with Crippen molar-refractivity contribution in [2.45, 2.75) is 47.5 Å². The zero-order valence-electron chi connectivity index (χ0n) is 16.9. The molecule has 3 rings (SSSR count). The molecule has 2 aromatic rings. The Kier molecular flexibility index (Phi) is 7.93. The second-order valence-electron chi connectivity index (χ2n) is 7.24. The molecule has 1 N–H and O–H groups in total. The Morgan fingerprint density at radius 3 is 2.39 bits per heavy atom. The Labute approximate surface area is 179 Å². The summed E-state index contributed by atoms with van der Waals surface area (Å²) >= 11 is 2.19. The van der Waals surface area contributed by atoms with Gasteiger partial charge in [-0.05, 0) is 18.4 Å². The molecule has 0 unspecified atom stereocenters. The molecular formula is C23H29AsNO2S. The molecule has 1 aliphatic rings. The predicted octanol–water partition coefficient (Wildman–Crippen LogP) is 5.43. The molecule has 1 radical (unpaired) electrons. The van der Waals surface area contributed by atoms with Crippen LogP contribution in [0.3, 0.4) is 0 Å². The van der Waals surface area contributed by atoms with E-state index < -0.39 is 0 Å². The van der Waals surface area contributed by atoms with E-state index in [2.05, 4.69) is 53.7 Å². The van der Waals surface area contributed by atoms with Gasteiger partial charge in [0.15, 0.2) is 0 Å². The van der Waals surface area contributed by atoms with Crippen molar-refractivity contribution >= 4 is 33.4 Å². The third kappa shape index (κ3) is 5.36. The number of nitrogens with one attached hydrogen (secondary N) is 1. The van der Waals surface area contributed by atoms with Gasteiger partial charge < -0.3 is 0 Å². The van der Waals surface area contributed by atoms with E-state index in [1.54, 1.807) is 18.9 Å². The molecule has 0 aromatic heterocycles. The van der Waals surface area contributed by atoms with Crippen LogP contribution in [0.4, 0.5) is 0 Å². The first-order valence-electron chi connectivity index (χ1n) is 9.82. The van der Waals surface area contributed by atoms with Crippen LogP contribution >= 0.6 is 11.8 Å². The molecule has 0 heterocycles. The summed E-state index contributed by atoms with van der Waals surface area (Å²) in [4.78, 5) is 13.9. The van der Waals surface area contributed by atoms with Gasteiger partial charge in [0.1, 0.15) is 0 Å². The fraction of sp³-hybridized carbons (Fsp3) is 0.435. The third-order valence-electron chi connectivity index (χ3n) is 5.59. The topological polar surface area (TPSA) is 38.3 Å². The SMILES string of the molecule is COc1ccc(-c2ccc(SC)cc2)cc1CNC(=O)C1CCC([As]C)CC1. The van der Waals surface area contributed by atoms with Gasteiger partial charge in [-0.2, -0.15) is 0 Å². The van der Waals surface area contributed by atoms with Crippen LogP contribution in [0.2, 0.25) is 10.4 Å². The number of carbonyl (C=O) groups is 1. The number of thioether (sulfide) groups is 1. The fourth-order valence-corrected chi connectivity index (χ4v) is 5.92. The molecule has 0 spiro atoms. The van der Waals surface area contributed by atoms with Gasteiger partial charge >= 0.3 is 145 Å². The van der Waals surface area contributed by atoms with Crippen LogP contribution in [0.5, 0.6) is 5.75 Å². The van der Waals surface area contributed by atoms with Crippen LogP contribution in [-0.4, -0.2) is 35.0 Å². The van der Waals surface area contributed by atoms with E-state index in [0.717, 1.165) is 34.4 Å². The van der Waals surface area contributed by atoms with Crippen LogP contribution in [0, 0.1) is 5.92 Å². The molecule has 0 bridgehead atoms. The molecule has 149 valence electrons. The second kappa shape index (κ2) is 10.4. The van der Waals surface area contributed by atoms with Gasteiger partial charge in [-0.1, -0.05) is 0 Å². The van der Waals surface area contributed by atoms with E-state index in [0.29, 0.717) is 22.3 Å². The standard InChI is InChI=1S/C23H29AsNO2S/c1-24-20-9-4-17(5-10-20)23(26)25-15-19-14-18(8-13-22(19)27-2)16-6-11-21(28-3)12-7-16/h6-8,11-14,17,20H,4-5,9-10,15H2,1-3H3,(H,25,26). The Bertz CT molecular complexity index is 786. The Morgan fingerprint density at radius 2 is 1.79 bits per heavy atom. The van der Waals surface area contributed by atoms with Crippen LogP contribution < -0.4 is 10.1 Å². The maximum absolute atomic E-state index is 12.6. The summed E-state index contributed by atoms with van der Waals surface area (Å²) in [5, 5.41) is 3.16. The number of carbonyl (C=O) groups excluding carboxylic acids is 1. The summed E-state index contributed by atoms with van der Waals surface area (Å²) in [5.74, 6) is 1.20. The van der Waals surface area contributed by atoms with Gasteiger partial charge in [-0.25, -0.2) is 0 Å². The number of methoxy groups -OCH3 is 1. The van der Waals surface area contributed by atoms with Crippen molar-refractivity contribution in [2.24, 2.45) is 5.92 Å². The van der Waals surface area contributed by atoms with Gasteiger partial charge in [-0.15, -0.1) is 11.8 Å². The summed E-state index contributed by atoms with van der Waals surface area (Å²) < 4.78 is 6.43. The molecule has 1 fully saturated rings.